The summed E-state index contributed by atoms with van der Waals surface area (Å²) in [5, 5.41) is 7.34. The average molecular weight is 384 g/mol. The number of methoxy groups -OCH3 is 2. The topological polar surface area (TPSA) is 52.1 Å². The number of H-pyrrole nitrogens is 1. The first-order valence-corrected chi connectivity index (χ1v) is 9.22. The Balaban J connectivity index is 1.95. The van der Waals surface area contributed by atoms with E-state index >= 15 is 0 Å². The van der Waals surface area contributed by atoms with Crippen LogP contribution in [0.25, 0.3) is 5.69 Å². The van der Waals surface area contributed by atoms with Gasteiger partial charge in [0.05, 0.1) is 14.2 Å². The Morgan fingerprint density at radius 2 is 1.67 bits per heavy atom. The molecule has 3 rings (SSSR count). The summed E-state index contributed by atoms with van der Waals surface area (Å²) in [6, 6.07) is 14.3. The first-order chi connectivity index (χ1) is 12.8. The second-order valence-electron chi connectivity index (χ2n) is 7.44. The Morgan fingerprint density at radius 1 is 1.00 bits per heavy atom. The van der Waals surface area contributed by atoms with Crippen molar-refractivity contribution in [1.29, 1.82) is 0 Å². The summed E-state index contributed by atoms with van der Waals surface area (Å²) in [6.45, 7) is 6.61. The van der Waals surface area contributed by atoms with Crippen LogP contribution >= 0.6 is 12.2 Å². The van der Waals surface area contributed by atoms with Crippen LogP contribution in [-0.4, -0.2) is 29.0 Å². The molecule has 0 aliphatic rings. The predicted octanol–water partition coefficient (Wildman–Crippen LogP) is 4.84. The molecular weight excluding hydrogens is 358 g/mol. The molecule has 0 fully saturated rings. The average Bonchev–Trinajstić information content (AvgIpc) is 3.01. The lowest BCUT2D eigenvalue weighted by atomic mass is 9.87. The van der Waals surface area contributed by atoms with E-state index in [1.807, 2.05) is 22.8 Å². The Bertz CT molecular complexity index is 982. The molecule has 1 N–H and O–H groups in total. The zero-order valence-corrected chi connectivity index (χ0v) is 17.2. The highest BCUT2D eigenvalue weighted by Crippen LogP contribution is 2.29. The maximum absolute atomic E-state index is 5.47. The van der Waals surface area contributed by atoms with Crippen molar-refractivity contribution >= 4 is 12.2 Å². The van der Waals surface area contributed by atoms with E-state index in [1.165, 1.54) is 5.56 Å². The van der Waals surface area contributed by atoms with Gasteiger partial charge in [0, 0.05) is 12.1 Å². The van der Waals surface area contributed by atoms with Gasteiger partial charge in [0.2, 0.25) is 0 Å². The van der Waals surface area contributed by atoms with Crippen LogP contribution in [0.15, 0.2) is 42.5 Å². The van der Waals surface area contributed by atoms with Crippen molar-refractivity contribution in [2.24, 2.45) is 0 Å². The third-order valence-electron chi connectivity index (χ3n) is 4.54. The number of ether oxygens (including phenoxy) is 2. The minimum Gasteiger partial charge on any atom is -0.493 e. The largest absolute Gasteiger partial charge is 0.493 e. The second kappa shape index (κ2) is 7.56. The summed E-state index contributed by atoms with van der Waals surface area (Å²) in [5.74, 6) is 2.25. The van der Waals surface area contributed by atoms with E-state index in [1.54, 1.807) is 14.2 Å². The summed E-state index contributed by atoms with van der Waals surface area (Å²) in [7, 11) is 3.26. The van der Waals surface area contributed by atoms with Gasteiger partial charge in [-0.25, -0.2) is 0 Å². The molecule has 0 saturated heterocycles. The van der Waals surface area contributed by atoms with Gasteiger partial charge in [0.1, 0.15) is 5.82 Å². The standard InChI is InChI=1S/C21H25N3O2S/c1-21(2,3)15-7-9-16(10-8-15)24-19(22-23-20(24)27)13-14-6-11-17(25-4)18(12-14)26-5/h6-12H,13H2,1-5H3,(H,23,27). The van der Waals surface area contributed by atoms with Crippen molar-refractivity contribution in [3.8, 4) is 17.2 Å². The molecule has 0 aliphatic carbocycles. The molecule has 0 saturated carbocycles. The molecular formula is C21H25N3O2S. The Morgan fingerprint density at radius 3 is 2.26 bits per heavy atom. The number of hydrogen-bond acceptors (Lipinski definition) is 4. The maximum atomic E-state index is 5.47. The highest BCUT2D eigenvalue weighted by atomic mass is 32.1. The zero-order chi connectivity index (χ0) is 19.6. The van der Waals surface area contributed by atoms with Crippen molar-refractivity contribution < 1.29 is 9.47 Å². The van der Waals surface area contributed by atoms with Gasteiger partial charge in [-0.05, 0) is 53.0 Å². The van der Waals surface area contributed by atoms with Crippen LogP contribution in [-0.2, 0) is 11.8 Å². The van der Waals surface area contributed by atoms with Gasteiger partial charge in [-0.2, -0.15) is 5.10 Å². The Labute approximate surface area is 165 Å². The minimum atomic E-state index is 0.110. The molecule has 0 aliphatic heterocycles. The van der Waals surface area contributed by atoms with Gasteiger partial charge in [-0.15, -0.1) is 0 Å². The van der Waals surface area contributed by atoms with Crippen LogP contribution in [0.3, 0.4) is 0 Å². The first-order valence-electron chi connectivity index (χ1n) is 8.81. The lowest BCUT2D eigenvalue weighted by molar-refractivity contribution is 0.354. The van der Waals surface area contributed by atoms with Gasteiger partial charge in [-0.3, -0.25) is 9.67 Å². The number of nitrogens with zero attached hydrogens (tertiary/aromatic N) is 2. The molecule has 27 heavy (non-hydrogen) atoms. The molecule has 0 amide bonds. The number of nitrogens with one attached hydrogen (secondary N) is 1. The number of rotatable bonds is 5. The molecule has 2 aromatic carbocycles. The highest BCUT2D eigenvalue weighted by molar-refractivity contribution is 7.71. The van der Waals surface area contributed by atoms with Gasteiger partial charge in [0.15, 0.2) is 16.3 Å². The molecule has 3 aromatic rings. The van der Waals surface area contributed by atoms with Crippen LogP contribution in [0.5, 0.6) is 11.5 Å². The van der Waals surface area contributed by atoms with E-state index in [-0.39, 0.29) is 5.41 Å². The van der Waals surface area contributed by atoms with E-state index in [0.29, 0.717) is 22.7 Å². The van der Waals surface area contributed by atoms with E-state index in [9.17, 15) is 0 Å². The lowest BCUT2D eigenvalue weighted by Crippen LogP contribution is -2.11. The fourth-order valence-corrected chi connectivity index (χ4v) is 3.25. The van der Waals surface area contributed by atoms with E-state index in [0.717, 1.165) is 17.1 Å². The SMILES string of the molecule is COc1ccc(Cc2n[nH]c(=S)n2-c2ccc(C(C)(C)C)cc2)cc1OC. The van der Waals surface area contributed by atoms with Crippen LogP contribution in [0.1, 0.15) is 37.7 Å². The minimum absolute atomic E-state index is 0.110. The molecule has 0 bridgehead atoms. The van der Waals surface area contributed by atoms with Crippen LogP contribution in [0.2, 0.25) is 0 Å². The number of aromatic amines is 1. The van der Waals surface area contributed by atoms with Crippen molar-refractivity contribution in [3.63, 3.8) is 0 Å². The maximum Gasteiger partial charge on any atom is 0.199 e. The molecule has 0 radical (unpaired) electrons. The predicted molar refractivity (Wildman–Crippen MR) is 110 cm³/mol. The quantitative estimate of drug-likeness (QED) is 0.641. The Kier molecular flexibility index (Phi) is 5.37. The van der Waals surface area contributed by atoms with Crippen molar-refractivity contribution in [2.75, 3.05) is 14.2 Å². The van der Waals surface area contributed by atoms with Gasteiger partial charge < -0.3 is 9.47 Å². The summed E-state index contributed by atoms with van der Waals surface area (Å²) >= 11 is 5.47. The van der Waals surface area contributed by atoms with Crippen molar-refractivity contribution in [3.05, 3.63) is 64.2 Å². The number of benzene rings is 2. The molecule has 0 unspecified atom stereocenters. The smallest absolute Gasteiger partial charge is 0.199 e. The zero-order valence-electron chi connectivity index (χ0n) is 16.4. The van der Waals surface area contributed by atoms with E-state index in [4.69, 9.17) is 21.7 Å². The van der Waals surface area contributed by atoms with Crippen molar-refractivity contribution in [2.45, 2.75) is 32.6 Å². The van der Waals surface area contributed by atoms with Gasteiger partial charge in [0.25, 0.3) is 0 Å². The normalized spacial score (nSPS) is 11.4. The number of hydrogen-bond donors (Lipinski definition) is 1. The second-order valence-corrected chi connectivity index (χ2v) is 7.83. The molecule has 1 aromatic heterocycles. The lowest BCUT2D eigenvalue weighted by Gasteiger charge is -2.19. The monoisotopic (exact) mass is 383 g/mol. The molecule has 1 heterocycles. The van der Waals surface area contributed by atoms with Crippen LogP contribution in [0.4, 0.5) is 0 Å². The molecule has 0 spiro atoms. The highest BCUT2D eigenvalue weighted by Gasteiger charge is 2.15. The third kappa shape index (κ3) is 4.06. The van der Waals surface area contributed by atoms with Crippen LogP contribution in [0, 0.1) is 4.77 Å². The summed E-state index contributed by atoms with van der Waals surface area (Å²) in [6.07, 6.45) is 0.620. The van der Waals surface area contributed by atoms with Gasteiger partial charge in [-0.1, -0.05) is 39.0 Å². The van der Waals surface area contributed by atoms with E-state index in [2.05, 4.69) is 55.2 Å². The molecule has 6 heteroatoms. The number of aromatic nitrogens is 3. The first kappa shape index (κ1) is 19.2. The molecule has 5 nitrogen and oxygen atoms in total. The summed E-state index contributed by atoms with van der Waals surface area (Å²) < 4.78 is 13.3. The molecule has 142 valence electrons. The van der Waals surface area contributed by atoms with Crippen LogP contribution < -0.4 is 9.47 Å². The van der Waals surface area contributed by atoms with Crippen molar-refractivity contribution in [1.82, 2.24) is 14.8 Å². The van der Waals surface area contributed by atoms with E-state index < -0.39 is 0 Å². The fourth-order valence-electron chi connectivity index (χ4n) is 3.00. The fraction of sp³-hybridized carbons (Fsp3) is 0.333. The van der Waals surface area contributed by atoms with Gasteiger partial charge >= 0.3 is 0 Å². The summed E-state index contributed by atoms with van der Waals surface area (Å²) in [5.41, 5.74) is 3.45. The molecule has 0 atom stereocenters. The summed E-state index contributed by atoms with van der Waals surface area (Å²) in [4.78, 5) is 0. The third-order valence-corrected chi connectivity index (χ3v) is 4.82. The Hall–Kier alpha value is -2.60.